The summed E-state index contributed by atoms with van der Waals surface area (Å²) in [5, 5.41) is 5.94. The van der Waals surface area contributed by atoms with Crippen LogP contribution in [0, 0.1) is 0 Å². The van der Waals surface area contributed by atoms with E-state index < -0.39 is 12.4 Å². The summed E-state index contributed by atoms with van der Waals surface area (Å²) in [4.78, 5) is 29.3. The summed E-state index contributed by atoms with van der Waals surface area (Å²) >= 11 is 6.38. The SMILES string of the molecule is O=C(Nc1ccc(-c2ccccc2OC(F)(F)F)c(Cl)c1)C1CCCCN1C(=O)CN1C=CNC1. The van der Waals surface area contributed by atoms with E-state index in [1.165, 1.54) is 30.3 Å². The van der Waals surface area contributed by atoms with E-state index in [0.29, 0.717) is 30.9 Å². The van der Waals surface area contributed by atoms with Crippen LogP contribution in [0.5, 0.6) is 5.75 Å². The normalized spacial score (nSPS) is 17.8. The van der Waals surface area contributed by atoms with Crippen LogP contribution in [0.15, 0.2) is 54.9 Å². The van der Waals surface area contributed by atoms with Gasteiger partial charge in [0.25, 0.3) is 0 Å². The van der Waals surface area contributed by atoms with Crippen molar-refractivity contribution in [2.45, 2.75) is 31.7 Å². The van der Waals surface area contributed by atoms with Crippen LogP contribution in [-0.4, -0.2) is 53.8 Å². The Morgan fingerprint density at radius 3 is 2.66 bits per heavy atom. The van der Waals surface area contributed by atoms with E-state index in [1.54, 1.807) is 29.4 Å². The highest BCUT2D eigenvalue weighted by molar-refractivity contribution is 6.33. The molecular formula is C24H24ClF3N4O3. The van der Waals surface area contributed by atoms with E-state index in [0.717, 1.165) is 12.8 Å². The molecule has 2 N–H and O–H groups in total. The molecule has 7 nitrogen and oxygen atoms in total. The topological polar surface area (TPSA) is 73.9 Å². The number of likely N-dealkylation sites (tertiary alicyclic amines) is 1. The number of anilines is 1. The van der Waals surface area contributed by atoms with Crippen LogP contribution in [0.4, 0.5) is 18.9 Å². The first-order chi connectivity index (χ1) is 16.7. The monoisotopic (exact) mass is 508 g/mol. The number of hydrogen-bond donors (Lipinski definition) is 2. The fourth-order valence-corrected chi connectivity index (χ4v) is 4.48. The average molecular weight is 509 g/mol. The lowest BCUT2D eigenvalue weighted by atomic mass is 10.0. The predicted octanol–water partition coefficient (Wildman–Crippen LogP) is 4.56. The smallest absolute Gasteiger partial charge is 0.405 e. The zero-order valence-electron chi connectivity index (χ0n) is 18.6. The standard InChI is InChI=1S/C24H24ClF3N4O3/c25-19-13-16(8-9-17(19)18-5-1-2-7-21(18)35-24(26,27)28)30-23(34)20-6-3-4-11-32(20)22(33)14-31-12-10-29-15-31/h1-2,5,7-10,12-13,20,29H,3-4,6,11,14-15H2,(H,30,34). The molecule has 0 radical (unpaired) electrons. The Morgan fingerprint density at radius 1 is 1.14 bits per heavy atom. The molecule has 2 heterocycles. The molecule has 35 heavy (non-hydrogen) atoms. The fourth-order valence-electron chi connectivity index (χ4n) is 4.20. The van der Waals surface area contributed by atoms with Crippen LogP contribution in [0.2, 0.25) is 5.02 Å². The molecule has 2 amide bonds. The molecule has 11 heteroatoms. The van der Waals surface area contributed by atoms with E-state index >= 15 is 0 Å². The largest absolute Gasteiger partial charge is 0.573 e. The molecular weight excluding hydrogens is 485 g/mol. The maximum Gasteiger partial charge on any atom is 0.573 e. The molecule has 2 aromatic carbocycles. The minimum Gasteiger partial charge on any atom is -0.405 e. The first kappa shape index (κ1) is 24.7. The summed E-state index contributed by atoms with van der Waals surface area (Å²) < 4.78 is 42.5. The predicted molar refractivity (Wildman–Crippen MR) is 125 cm³/mol. The Morgan fingerprint density at radius 2 is 1.94 bits per heavy atom. The number of alkyl halides is 3. The number of hydrogen-bond acceptors (Lipinski definition) is 5. The Labute approximate surface area is 205 Å². The molecule has 0 bridgehead atoms. The summed E-state index contributed by atoms with van der Waals surface area (Å²) in [6, 6.07) is 9.61. The number of nitrogens with zero attached hydrogens (tertiary/aromatic N) is 2. The van der Waals surface area contributed by atoms with Gasteiger partial charge >= 0.3 is 6.36 Å². The molecule has 4 rings (SSSR count). The van der Waals surface area contributed by atoms with Gasteiger partial charge in [0.05, 0.1) is 18.2 Å². The molecule has 0 spiro atoms. The third-order valence-corrected chi connectivity index (χ3v) is 6.11. The fraction of sp³-hybridized carbons (Fsp3) is 0.333. The maximum absolute atomic E-state index is 13.1. The molecule has 1 saturated heterocycles. The second-order valence-corrected chi connectivity index (χ2v) is 8.66. The molecule has 186 valence electrons. The van der Waals surface area contributed by atoms with Crippen LogP contribution in [0.3, 0.4) is 0 Å². The minimum absolute atomic E-state index is 0.132. The third kappa shape index (κ3) is 6.19. The second kappa shape index (κ2) is 10.5. The van der Waals surface area contributed by atoms with Gasteiger partial charge in [0.2, 0.25) is 11.8 Å². The highest BCUT2D eigenvalue weighted by Crippen LogP contribution is 2.38. The van der Waals surface area contributed by atoms with Gasteiger partial charge in [-0.1, -0.05) is 35.9 Å². The van der Waals surface area contributed by atoms with Gasteiger partial charge in [-0.15, -0.1) is 13.2 Å². The van der Waals surface area contributed by atoms with Crippen molar-refractivity contribution < 1.29 is 27.5 Å². The second-order valence-electron chi connectivity index (χ2n) is 8.25. The number of halogens is 4. The maximum atomic E-state index is 13.1. The number of nitrogens with one attached hydrogen (secondary N) is 2. The number of para-hydroxylation sites is 1. The van der Waals surface area contributed by atoms with Crippen molar-refractivity contribution in [2.75, 3.05) is 25.1 Å². The zero-order chi connectivity index (χ0) is 25.0. The molecule has 1 unspecified atom stereocenters. The first-order valence-corrected chi connectivity index (χ1v) is 11.5. The highest BCUT2D eigenvalue weighted by atomic mass is 35.5. The van der Waals surface area contributed by atoms with Gasteiger partial charge in [0.1, 0.15) is 11.8 Å². The summed E-state index contributed by atoms with van der Waals surface area (Å²) in [5.74, 6) is -0.844. The van der Waals surface area contributed by atoms with Gasteiger partial charge in [0.15, 0.2) is 0 Å². The van der Waals surface area contributed by atoms with Gasteiger partial charge in [-0.25, -0.2) is 0 Å². The summed E-state index contributed by atoms with van der Waals surface area (Å²) in [6.45, 7) is 1.21. The van der Waals surface area contributed by atoms with Crippen molar-refractivity contribution in [1.29, 1.82) is 0 Å². The molecule has 2 aliphatic rings. The molecule has 1 atom stereocenters. The number of benzene rings is 2. The molecule has 0 aliphatic carbocycles. The van der Waals surface area contributed by atoms with Crippen molar-refractivity contribution in [1.82, 2.24) is 15.1 Å². The molecule has 2 aromatic rings. The Hall–Kier alpha value is -3.40. The van der Waals surface area contributed by atoms with E-state index in [4.69, 9.17) is 11.6 Å². The van der Waals surface area contributed by atoms with E-state index in [2.05, 4.69) is 15.4 Å². The van der Waals surface area contributed by atoms with Crippen LogP contribution < -0.4 is 15.4 Å². The van der Waals surface area contributed by atoms with Crippen LogP contribution in [0.1, 0.15) is 19.3 Å². The zero-order valence-corrected chi connectivity index (χ0v) is 19.4. The van der Waals surface area contributed by atoms with Crippen molar-refractivity contribution in [3.05, 3.63) is 59.9 Å². The number of amides is 2. The highest BCUT2D eigenvalue weighted by Gasteiger charge is 2.34. The van der Waals surface area contributed by atoms with E-state index in [-0.39, 0.29) is 34.7 Å². The van der Waals surface area contributed by atoms with Gasteiger partial charge < -0.3 is 25.2 Å². The van der Waals surface area contributed by atoms with Gasteiger partial charge in [-0.05, 0) is 37.5 Å². The van der Waals surface area contributed by atoms with Crippen LogP contribution >= 0.6 is 11.6 Å². The van der Waals surface area contributed by atoms with Crippen LogP contribution in [-0.2, 0) is 9.59 Å². The molecule has 2 aliphatic heterocycles. The van der Waals surface area contributed by atoms with Crippen molar-refractivity contribution in [3.8, 4) is 16.9 Å². The van der Waals surface area contributed by atoms with Gasteiger partial charge in [-0.2, -0.15) is 0 Å². The van der Waals surface area contributed by atoms with E-state index in [9.17, 15) is 22.8 Å². The number of carbonyl (C=O) groups excluding carboxylic acids is 2. The number of rotatable bonds is 6. The van der Waals surface area contributed by atoms with Crippen LogP contribution in [0.25, 0.3) is 11.1 Å². The number of ether oxygens (including phenoxy) is 1. The molecule has 0 saturated carbocycles. The first-order valence-electron chi connectivity index (χ1n) is 11.1. The van der Waals surface area contributed by atoms with E-state index in [1.807, 2.05) is 4.90 Å². The summed E-state index contributed by atoms with van der Waals surface area (Å²) in [7, 11) is 0. The third-order valence-electron chi connectivity index (χ3n) is 5.80. The van der Waals surface area contributed by atoms with Crippen molar-refractivity contribution in [2.24, 2.45) is 0 Å². The lowest BCUT2D eigenvalue weighted by Gasteiger charge is -2.35. The Balaban J connectivity index is 1.48. The van der Waals surface area contributed by atoms with Crippen molar-refractivity contribution >= 4 is 29.1 Å². The summed E-state index contributed by atoms with van der Waals surface area (Å²) in [6.07, 6.45) is 0.889. The average Bonchev–Trinajstić information content (AvgIpc) is 3.32. The summed E-state index contributed by atoms with van der Waals surface area (Å²) in [5.41, 5.74) is 0.871. The number of piperidine rings is 1. The van der Waals surface area contributed by atoms with Crippen molar-refractivity contribution in [3.63, 3.8) is 0 Å². The van der Waals surface area contributed by atoms with Gasteiger partial charge in [0, 0.05) is 35.8 Å². The lowest BCUT2D eigenvalue weighted by Crippen LogP contribution is -2.52. The quantitative estimate of drug-likeness (QED) is 0.598. The number of carbonyl (C=O) groups is 2. The Bertz CT molecular complexity index is 1130. The van der Waals surface area contributed by atoms with Gasteiger partial charge in [-0.3, -0.25) is 9.59 Å². The lowest BCUT2D eigenvalue weighted by molar-refractivity contribution is -0.274. The molecule has 0 aromatic heterocycles. The Kier molecular flexibility index (Phi) is 7.39. The minimum atomic E-state index is -4.85. The molecule has 1 fully saturated rings.